The van der Waals surface area contributed by atoms with E-state index in [0.29, 0.717) is 6.42 Å². The number of aromatic amines is 1. The van der Waals surface area contributed by atoms with E-state index in [2.05, 4.69) is 4.98 Å². The van der Waals surface area contributed by atoms with Crippen molar-refractivity contribution >= 4 is 11.8 Å². The number of thioether (sulfide) groups is 1. The fourth-order valence-corrected chi connectivity index (χ4v) is 3.09. The maximum atomic E-state index is 11.5. The van der Waals surface area contributed by atoms with Gasteiger partial charge in [0.25, 0.3) is 5.56 Å². The Bertz CT molecular complexity index is 483. The van der Waals surface area contributed by atoms with Gasteiger partial charge in [-0.05, 0) is 0 Å². The van der Waals surface area contributed by atoms with Gasteiger partial charge < -0.3 is 10.2 Å². The van der Waals surface area contributed by atoms with Gasteiger partial charge in [-0.2, -0.15) is 0 Å². The molecule has 6 nitrogen and oxygen atoms in total. The number of nitrogens with zero attached hydrogens (tertiary/aromatic N) is 1. The first-order chi connectivity index (χ1) is 7.61. The molecule has 2 heterocycles. The zero-order valence-corrected chi connectivity index (χ0v) is 9.18. The number of rotatable bonds is 2. The van der Waals surface area contributed by atoms with Crippen LogP contribution in [-0.2, 0) is 0 Å². The summed E-state index contributed by atoms with van der Waals surface area (Å²) in [5.41, 5.74) is -0.931. The van der Waals surface area contributed by atoms with Crippen LogP contribution >= 0.6 is 11.8 Å². The molecule has 1 aromatic heterocycles. The molecular formula is C9H12N2O4S. The lowest BCUT2D eigenvalue weighted by atomic mass is 10.2. The first-order valence-electron chi connectivity index (χ1n) is 4.87. The van der Waals surface area contributed by atoms with Gasteiger partial charge in [-0.1, -0.05) is 0 Å². The van der Waals surface area contributed by atoms with Gasteiger partial charge in [0.2, 0.25) is 0 Å². The van der Waals surface area contributed by atoms with E-state index in [9.17, 15) is 14.7 Å². The van der Waals surface area contributed by atoms with E-state index in [1.165, 1.54) is 28.6 Å². The second kappa shape index (κ2) is 4.44. The average Bonchev–Trinajstić information content (AvgIpc) is 2.59. The highest BCUT2D eigenvalue weighted by molar-refractivity contribution is 8.00. The zero-order chi connectivity index (χ0) is 11.7. The van der Waals surface area contributed by atoms with E-state index in [4.69, 9.17) is 5.11 Å². The van der Waals surface area contributed by atoms with E-state index in [-0.39, 0.29) is 17.2 Å². The van der Waals surface area contributed by atoms with Gasteiger partial charge in [-0.25, -0.2) is 4.79 Å². The van der Waals surface area contributed by atoms with Crippen molar-refractivity contribution in [2.24, 2.45) is 0 Å². The number of aromatic nitrogens is 2. The van der Waals surface area contributed by atoms with Crippen LogP contribution in [-0.4, -0.2) is 37.7 Å². The predicted octanol–water partition coefficient (Wildman–Crippen LogP) is -1.11. The third-order valence-corrected chi connectivity index (χ3v) is 4.09. The molecule has 3 atom stereocenters. The Kier molecular flexibility index (Phi) is 3.17. The molecule has 0 aromatic carbocycles. The predicted molar refractivity (Wildman–Crippen MR) is 59.4 cm³/mol. The molecule has 1 aromatic rings. The minimum Gasteiger partial charge on any atom is -0.395 e. The van der Waals surface area contributed by atoms with Crippen LogP contribution in [0.25, 0.3) is 0 Å². The topological polar surface area (TPSA) is 95.3 Å². The van der Waals surface area contributed by atoms with Crippen molar-refractivity contribution in [1.29, 1.82) is 0 Å². The maximum absolute atomic E-state index is 11.5. The summed E-state index contributed by atoms with van der Waals surface area (Å²) >= 11 is 1.33. The maximum Gasteiger partial charge on any atom is 0.329 e. The molecule has 1 aliphatic rings. The van der Waals surface area contributed by atoms with Crippen LogP contribution in [0, 0.1) is 0 Å². The number of aliphatic hydroxyl groups excluding tert-OH is 2. The summed E-state index contributed by atoms with van der Waals surface area (Å²) in [5, 5.41) is 18.1. The number of hydrogen-bond acceptors (Lipinski definition) is 5. The monoisotopic (exact) mass is 244 g/mol. The molecule has 0 radical (unpaired) electrons. The number of aliphatic hydroxyl groups is 2. The van der Waals surface area contributed by atoms with Crippen molar-refractivity contribution in [3.8, 4) is 0 Å². The van der Waals surface area contributed by atoms with Crippen molar-refractivity contribution in [1.82, 2.24) is 9.55 Å². The lowest BCUT2D eigenvalue weighted by Gasteiger charge is -2.11. The van der Waals surface area contributed by atoms with Gasteiger partial charge in [0.1, 0.15) is 0 Å². The quantitative estimate of drug-likeness (QED) is 0.613. The summed E-state index contributed by atoms with van der Waals surface area (Å²) in [6, 6.07) is 1.26. The van der Waals surface area contributed by atoms with Crippen LogP contribution in [0.15, 0.2) is 21.9 Å². The highest BCUT2D eigenvalue weighted by Crippen LogP contribution is 2.40. The SMILES string of the molecule is O=c1ccn(C2C[C@H](O)[C@@H](CO)S2)c(=O)[nH]1. The third kappa shape index (κ3) is 2.06. The highest BCUT2D eigenvalue weighted by Gasteiger charge is 2.34. The lowest BCUT2D eigenvalue weighted by Crippen LogP contribution is -2.30. The van der Waals surface area contributed by atoms with Crippen molar-refractivity contribution in [2.75, 3.05) is 6.61 Å². The molecule has 88 valence electrons. The first-order valence-corrected chi connectivity index (χ1v) is 5.82. The molecule has 1 saturated heterocycles. The molecule has 1 fully saturated rings. The van der Waals surface area contributed by atoms with Gasteiger partial charge in [0.15, 0.2) is 0 Å². The Morgan fingerprint density at radius 2 is 2.31 bits per heavy atom. The molecule has 0 spiro atoms. The molecule has 1 aliphatic heterocycles. The van der Waals surface area contributed by atoms with Gasteiger partial charge in [0.05, 0.1) is 23.3 Å². The van der Waals surface area contributed by atoms with Gasteiger partial charge in [-0.3, -0.25) is 14.3 Å². The number of hydrogen-bond donors (Lipinski definition) is 3. The van der Waals surface area contributed by atoms with E-state index < -0.39 is 17.4 Å². The van der Waals surface area contributed by atoms with E-state index in [1.54, 1.807) is 0 Å². The Hall–Kier alpha value is -1.05. The standard InChI is InChI=1S/C9H12N2O4S/c12-4-6-5(13)3-8(16-6)11-2-1-7(14)10-9(11)15/h1-2,5-6,8,12-13H,3-4H2,(H,10,14,15)/t5-,6+,8?/m0/s1. The molecule has 0 aliphatic carbocycles. The smallest absolute Gasteiger partial charge is 0.329 e. The number of nitrogens with one attached hydrogen (secondary N) is 1. The van der Waals surface area contributed by atoms with E-state index >= 15 is 0 Å². The van der Waals surface area contributed by atoms with Crippen LogP contribution in [0.2, 0.25) is 0 Å². The van der Waals surface area contributed by atoms with E-state index in [1.807, 2.05) is 0 Å². The molecule has 1 unspecified atom stereocenters. The highest BCUT2D eigenvalue weighted by atomic mass is 32.2. The Labute approximate surface area is 94.9 Å². The zero-order valence-electron chi connectivity index (χ0n) is 8.37. The molecule has 0 amide bonds. The van der Waals surface area contributed by atoms with Gasteiger partial charge >= 0.3 is 5.69 Å². The van der Waals surface area contributed by atoms with Crippen LogP contribution in [0.5, 0.6) is 0 Å². The van der Waals surface area contributed by atoms with Gasteiger partial charge in [0, 0.05) is 18.7 Å². The van der Waals surface area contributed by atoms with Crippen molar-refractivity contribution < 1.29 is 10.2 Å². The second-order valence-electron chi connectivity index (χ2n) is 3.63. The summed E-state index contributed by atoms with van der Waals surface area (Å²) in [7, 11) is 0. The first kappa shape index (κ1) is 11.4. The Balaban J connectivity index is 2.27. The number of H-pyrrole nitrogens is 1. The molecule has 0 saturated carbocycles. The van der Waals surface area contributed by atoms with Crippen molar-refractivity contribution in [3.63, 3.8) is 0 Å². The molecule has 16 heavy (non-hydrogen) atoms. The summed E-state index contributed by atoms with van der Waals surface area (Å²) in [6.07, 6.45) is 1.17. The lowest BCUT2D eigenvalue weighted by molar-refractivity contribution is 0.137. The summed E-state index contributed by atoms with van der Waals surface area (Å²) in [5.74, 6) is 0. The average molecular weight is 244 g/mol. The van der Waals surface area contributed by atoms with Crippen LogP contribution < -0.4 is 11.2 Å². The normalized spacial score (nSPS) is 29.5. The minimum absolute atomic E-state index is 0.125. The van der Waals surface area contributed by atoms with Crippen molar-refractivity contribution in [2.45, 2.75) is 23.1 Å². The molecule has 7 heteroatoms. The fraction of sp³-hybridized carbons (Fsp3) is 0.556. The fourth-order valence-electron chi connectivity index (χ4n) is 1.70. The Morgan fingerprint density at radius 3 is 2.88 bits per heavy atom. The molecule has 2 rings (SSSR count). The van der Waals surface area contributed by atoms with E-state index in [0.717, 1.165) is 0 Å². The largest absolute Gasteiger partial charge is 0.395 e. The Morgan fingerprint density at radius 1 is 1.56 bits per heavy atom. The third-order valence-electron chi connectivity index (χ3n) is 2.55. The molecule has 3 N–H and O–H groups in total. The van der Waals surface area contributed by atoms with Crippen LogP contribution in [0.3, 0.4) is 0 Å². The van der Waals surface area contributed by atoms with Crippen LogP contribution in [0.4, 0.5) is 0 Å². The second-order valence-corrected chi connectivity index (χ2v) is 5.05. The minimum atomic E-state index is -0.626. The van der Waals surface area contributed by atoms with Gasteiger partial charge in [-0.15, -0.1) is 11.8 Å². The van der Waals surface area contributed by atoms with Crippen molar-refractivity contribution in [3.05, 3.63) is 33.1 Å². The molecular weight excluding hydrogens is 232 g/mol. The summed E-state index contributed by atoms with van der Waals surface area (Å²) in [4.78, 5) is 24.5. The van der Waals surface area contributed by atoms with Crippen LogP contribution in [0.1, 0.15) is 11.8 Å². The summed E-state index contributed by atoms with van der Waals surface area (Å²) < 4.78 is 1.37. The molecule has 0 bridgehead atoms. The summed E-state index contributed by atoms with van der Waals surface area (Å²) in [6.45, 7) is -0.125.